The number of aliphatic hydroxyl groups is 8. The summed E-state index contributed by atoms with van der Waals surface area (Å²) in [4.78, 5) is 60.9. The maximum atomic E-state index is 12.5. The van der Waals surface area contributed by atoms with Crippen LogP contribution in [0.2, 0.25) is 0 Å². The molecule has 3 aliphatic heterocycles. The van der Waals surface area contributed by atoms with Crippen molar-refractivity contribution < 1.29 is 98.4 Å². The molecule has 3 aliphatic rings. The van der Waals surface area contributed by atoms with Crippen LogP contribution in [-0.2, 0) is 52.4 Å². The Bertz CT molecular complexity index is 1330. The Morgan fingerprint density at radius 3 is 1.95 bits per heavy atom. The molecule has 340 valence electrons. The van der Waals surface area contributed by atoms with E-state index < -0.39 is 124 Å². The molecule has 3 heterocycles. The van der Waals surface area contributed by atoms with E-state index in [2.05, 4.69) is 5.32 Å². The minimum Gasteiger partial charge on any atom is -0.480 e. The lowest BCUT2D eigenvalue weighted by atomic mass is 9.96. The van der Waals surface area contributed by atoms with E-state index in [0.717, 1.165) is 4.90 Å². The van der Waals surface area contributed by atoms with Gasteiger partial charge in [0.1, 0.15) is 67.3 Å². The highest BCUT2D eigenvalue weighted by Gasteiger charge is 2.53. The van der Waals surface area contributed by atoms with E-state index >= 15 is 0 Å². The van der Waals surface area contributed by atoms with Gasteiger partial charge in [-0.05, 0) is 39.5 Å². The number of carbonyl (C=O) groups excluding carboxylic acids is 4. The largest absolute Gasteiger partial charge is 0.480 e. The van der Waals surface area contributed by atoms with Crippen LogP contribution in [0.5, 0.6) is 0 Å². The zero-order chi connectivity index (χ0) is 43.8. The first-order valence-corrected chi connectivity index (χ1v) is 20.0. The van der Waals surface area contributed by atoms with E-state index in [4.69, 9.17) is 33.5 Å². The second-order valence-electron chi connectivity index (χ2n) is 14.9. The minimum atomic E-state index is -1.86. The average Bonchev–Trinajstić information content (AvgIpc) is 3.20. The van der Waals surface area contributed by atoms with Crippen molar-refractivity contribution in [3.05, 3.63) is 0 Å². The summed E-state index contributed by atoms with van der Waals surface area (Å²) in [5.74, 6) is -2.46. The zero-order valence-electron chi connectivity index (χ0n) is 33.4. The maximum Gasteiger partial charge on any atom is 0.323 e. The van der Waals surface area contributed by atoms with Crippen LogP contribution in [0.4, 0.5) is 0 Å². The molecule has 0 aromatic rings. The summed E-state index contributed by atoms with van der Waals surface area (Å²) in [5, 5.41) is 93.9. The average molecular weight is 855 g/mol. The number of amides is 2. The lowest BCUT2D eigenvalue weighted by Gasteiger charge is -2.48. The lowest BCUT2D eigenvalue weighted by molar-refractivity contribution is -0.382. The molecule has 0 aliphatic carbocycles. The van der Waals surface area contributed by atoms with E-state index in [1.165, 1.54) is 6.92 Å². The number of carbonyl (C=O) groups is 5. The van der Waals surface area contributed by atoms with E-state index in [-0.39, 0.29) is 69.8 Å². The van der Waals surface area contributed by atoms with Crippen molar-refractivity contribution >= 4 is 29.4 Å². The van der Waals surface area contributed by atoms with Crippen LogP contribution in [0.3, 0.4) is 0 Å². The second-order valence-corrected chi connectivity index (χ2v) is 14.9. The number of ether oxygens (including phenoxy) is 6. The molecule has 0 radical (unpaired) electrons. The quantitative estimate of drug-likeness (QED) is 0.0394. The fourth-order valence-corrected chi connectivity index (χ4v) is 6.77. The Balaban J connectivity index is 1.47. The molecular formula is C37H62N2O20. The summed E-state index contributed by atoms with van der Waals surface area (Å²) in [5.41, 5.74) is 0. The number of carboxylic acid groups (broad SMARTS) is 1. The van der Waals surface area contributed by atoms with Crippen molar-refractivity contribution in [2.75, 3.05) is 39.5 Å². The third-order valence-corrected chi connectivity index (χ3v) is 10.3. The number of carboxylic acids is 1. The first-order chi connectivity index (χ1) is 28.0. The molecule has 14 atom stereocenters. The first-order valence-electron chi connectivity index (χ1n) is 20.0. The van der Waals surface area contributed by atoms with Gasteiger partial charge in [0.15, 0.2) is 24.7 Å². The van der Waals surface area contributed by atoms with Crippen LogP contribution in [-0.4, -0.2) is 206 Å². The topological polar surface area (TPSA) is 338 Å². The monoisotopic (exact) mass is 854 g/mol. The molecule has 59 heavy (non-hydrogen) atoms. The number of hydrogen-bond donors (Lipinski definition) is 10. The van der Waals surface area contributed by atoms with Crippen LogP contribution in [0, 0.1) is 0 Å². The highest BCUT2D eigenvalue weighted by molar-refractivity contribution is 5.89. The van der Waals surface area contributed by atoms with Gasteiger partial charge in [-0.1, -0.05) is 0 Å². The molecule has 0 saturated carbocycles. The van der Waals surface area contributed by atoms with Crippen LogP contribution in [0.1, 0.15) is 78.1 Å². The number of nitrogens with one attached hydrogen (secondary N) is 1. The molecule has 3 fully saturated rings. The molecule has 22 heteroatoms. The van der Waals surface area contributed by atoms with Crippen molar-refractivity contribution in [3.8, 4) is 0 Å². The van der Waals surface area contributed by atoms with Crippen LogP contribution in [0.15, 0.2) is 0 Å². The van der Waals surface area contributed by atoms with Crippen LogP contribution in [0.25, 0.3) is 0 Å². The molecular weight excluding hydrogens is 792 g/mol. The zero-order valence-corrected chi connectivity index (χ0v) is 33.4. The van der Waals surface area contributed by atoms with E-state index in [1.807, 2.05) is 0 Å². The Hall–Kier alpha value is -2.81. The number of hydrogen-bond acceptors (Lipinski definition) is 19. The summed E-state index contributed by atoms with van der Waals surface area (Å²) in [6.45, 7) is 1.08. The highest BCUT2D eigenvalue weighted by Crippen LogP contribution is 2.33. The van der Waals surface area contributed by atoms with Crippen molar-refractivity contribution in [1.82, 2.24) is 10.2 Å². The standard InChI is InChI=1S/C37H62N2O20/c1-3-39(16-27(47)48)26(46)12-11-21(43)15-38-25(45)10-5-4-8-20(42)9-6-7-13-54-37-35(58-28-14-22(44)29(49)19(2)55-28)34(31(51)24(18-41)57-37)59-36-33(53)32(52)30(50)23(17-40)56-36/h19,22-24,28-37,40-41,44,49-53H,3-18H2,1-2H3,(H,38,45)(H,47,48)/t19?,22-,23?,24?,28+,29-,30+,31+,32?,33+,34?,35+,36-,37-/m1/s1. The molecule has 0 spiro atoms. The van der Waals surface area contributed by atoms with Crippen molar-refractivity contribution in [2.24, 2.45) is 0 Å². The van der Waals surface area contributed by atoms with E-state index in [0.29, 0.717) is 25.7 Å². The Labute approximate surface area is 341 Å². The molecule has 2 amide bonds. The predicted octanol–water partition coefficient (Wildman–Crippen LogP) is -3.79. The molecule has 0 aromatic carbocycles. The highest BCUT2D eigenvalue weighted by atomic mass is 16.8. The van der Waals surface area contributed by atoms with Crippen molar-refractivity contribution in [2.45, 2.75) is 164 Å². The number of unbranched alkanes of at least 4 members (excludes halogenated alkanes) is 2. The molecule has 5 unspecified atom stereocenters. The van der Waals surface area contributed by atoms with Crippen LogP contribution >= 0.6 is 0 Å². The summed E-state index contributed by atoms with van der Waals surface area (Å²) >= 11 is 0. The molecule has 10 N–H and O–H groups in total. The van der Waals surface area contributed by atoms with Crippen LogP contribution < -0.4 is 5.32 Å². The summed E-state index contributed by atoms with van der Waals surface area (Å²) in [7, 11) is 0. The van der Waals surface area contributed by atoms with Gasteiger partial charge in [0.25, 0.3) is 0 Å². The number of Topliss-reactive ketones (excluding diaryl/α,β-unsaturated/α-hetero) is 2. The van der Waals surface area contributed by atoms with E-state index in [1.54, 1.807) is 6.92 Å². The minimum absolute atomic E-state index is 0.0195. The third kappa shape index (κ3) is 15.6. The second kappa shape index (κ2) is 25.2. The SMILES string of the molecule is CCN(CC(=O)O)C(=O)CCC(=O)CNC(=O)CCCCC(=O)CCCCO[C@@H]1OC(CO)[C@H](O)C(O[C@H]2OC(CO)[C@H](O)C(O)[C@@H]2O)[C@@H]1O[C@H]1C[C@@H](O)[C@H](O)C(C)O1. The summed E-state index contributed by atoms with van der Waals surface area (Å²) < 4.78 is 34.9. The number of likely N-dealkylation sites (N-methyl/N-ethyl adjacent to an activating group) is 1. The Kier molecular flexibility index (Phi) is 21.6. The van der Waals surface area contributed by atoms with Gasteiger partial charge in [-0.2, -0.15) is 0 Å². The number of aliphatic hydroxyl groups excluding tert-OH is 8. The lowest BCUT2D eigenvalue weighted by Crippen LogP contribution is -2.66. The Morgan fingerprint density at radius 2 is 1.32 bits per heavy atom. The summed E-state index contributed by atoms with van der Waals surface area (Å²) in [6, 6.07) is 0. The number of ketones is 2. The molecule has 3 rings (SSSR count). The smallest absolute Gasteiger partial charge is 0.323 e. The number of rotatable bonds is 25. The molecule has 0 aromatic heterocycles. The van der Waals surface area contributed by atoms with Gasteiger partial charge in [-0.25, -0.2) is 0 Å². The predicted molar refractivity (Wildman–Crippen MR) is 197 cm³/mol. The van der Waals surface area contributed by atoms with Gasteiger partial charge in [0.05, 0.1) is 32.0 Å². The van der Waals surface area contributed by atoms with Crippen molar-refractivity contribution in [3.63, 3.8) is 0 Å². The normalized spacial score (nSPS) is 33.6. The van der Waals surface area contributed by atoms with Gasteiger partial charge in [0, 0.05) is 51.7 Å². The molecule has 22 nitrogen and oxygen atoms in total. The maximum absolute atomic E-state index is 12.5. The fraction of sp³-hybridized carbons (Fsp3) is 0.865. The van der Waals surface area contributed by atoms with Gasteiger partial charge in [0.2, 0.25) is 11.8 Å². The molecule has 3 saturated heterocycles. The fourth-order valence-electron chi connectivity index (χ4n) is 6.77. The van der Waals surface area contributed by atoms with Gasteiger partial charge in [-0.15, -0.1) is 0 Å². The van der Waals surface area contributed by atoms with E-state index in [9.17, 15) is 64.8 Å². The van der Waals surface area contributed by atoms with Gasteiger partial charge < -0.3 is 84.6 Å². The van der Waals surface area contributed by atoms with Gasteiger partial charge in [-0.3, -0.25) is 24.0 Å². The Morgan fingerprint density at radius 1 is 0.695 bits per heavy atom. The van der Waals surface area contributed by atoms with Gasteiger partial charge >= 0.3 is 5.97 Å². The third-order valence-electron chi connectivity index (χ3n) is 10.3. The summed E-state index contributed by atoms with van der Waals surface area (Å²) in [6.07, 6.45) is -18.8. The number of nitrogens with zero attached hydrogens (tertiary/aromatic N) is 1. The van der Waals surface area contributed by atoms with Crippen molar-refractivity contribution in [1.29, 1.82) is 0 Å². The first kappa shape index (κ1) is 50.5. The molecule has 0 bridgehead atoms. The number of aliphatic carboxylic acids is 1.